The molecule has 0 spiro atoms. The molecule has 16 heavy (non-hydrogen) atoms. The van der Waals surface area contributed by atoms with E-state index in [2.05, 4.69) is 27.9 Å². The van der Waals surface area contributed by atoms with Crippen LogP contribution >= 0.6 is 22.6 Å². The summed E-state index contributed by atoms with van der Waals surface area (Å²) in [6.07, 6.45) is 0. The summed E-state index contributed by atoms with van der Waals surface area (Å²) in [7, 11) is 3.56. The molecule has 0 unspecified atom stereocenters. The van der Waals surface area contributed by atoms with Crippen LogP contribution in [0.1, 0.15) is 10.4 Å². The lowest BCUT2D eigenvalue weighted by Crippen LogP contribution is -2.32. The minimum absolute atomic E-state index is 0.0294. The van der Waals surface area contributed by atoms with Crippen LogP contribution in [0.25, 0.3) is 0 Å². The largest absolute Gasteiger partial charge is 0.507 e. The lowest BCUT2D eigenvalue weighted by molar-refractivity contribution is 0.0794. The Morgan fingerprint density at radius 1 is 1.56 bits per heavy atom. The van der Waals surface area contributed by atoms with E-state index in [0.717, 1.165) is 10.1 Å². The van der Waals surface area contributed by atoms with E-state index >= 15 is 0 Å². The number of phenols is 1. The summed E-state index contributed by atoms with van der Waals surface area (Å²) < 4.78 is 0.931. The fraction of sp³-hybridized carbons (Fsp3) is 0.364. The smallest absolute Gasteiger partial charge is 0.257 e. The highest BCUT2D eigenvalue weighted by atomic mass is 127. The Morgan fingerprint density at radius 3 is 2.88 bits per heavy atom. The van der Waals surface area contributed by atoms with Crippen molar-refractivity contribution in [3.05, 3.63) is 27.3 Å². The molecule has 0 heterocycles. The number of carbonyl (C=O) groups is 1. The van der Waals surface area contributed by atoms with Crippen molar-refractivity contribution in [1.29, 1.82) is 0 Å². The molecule has 0 bridgehead atoms. The number of aromatic hydroxyl groups is 1. The van der Waals surface area contributed by atoms with E-state index in [1.54, 1.807) is 30.1 Å². The van der Waals surface area contributed by atoms with Crippen molar-refractivity contribution >= 4 is 28.5 Å². The number of hydrogen-bond donors (Lipinski definition) is 2. The lowest BCUT2D eigenvalue weighted by Gasteiger charge is -2.17. The molecule has 1 aromatic rings. The minimum Gasteiger partial charge on any atom is -0.507 e. The van der Waals surface area contributed by atoms with E-state index in [1.807, 2.05) is 7.05 Å². The van der Waals surface area contributed by atoms with E-state index in [4.69, 9.17) is 0 Å². The normalized spacial score (nSPS) is 10.2. The van der Waals surface area contributed by atoms with Gasteiger partial charge in [-0.2, -0.15) is 0 Å². The highest BCUT2D eigenvalue weighted by Gasteiger charge is 2.15. The van der Waals surface area contributed by atoms with Crippen molar-refractivity contribution in [3.63, 3.8) is 0 Å². The molecule has 4 nitrogen and oxygen atoms in total. The number of phenolic OH excluding ortho intramolecular Hbond substituents is 1. The first-order chi connectivity index (χ1) is 7.56. The van der Waals surface area contributed by atoms with Gasteiger partial charge in [-0.3, -0.25) is 4.79 Å². The predicted octanol–water partition coefficient (Wildman–Crippen LogP) is 1.29. The van der Waals surface area contributed by atoms with Crippen LogP contribution in [-0.2, 0) is 0 Å². The topological polar surface area (TPSA) is 52.6 Å². The third-order valence-corrected chi connectivity index (χ3v) is 2.90. The van der Waals surface area contributed by atoms with Gasteiger partial charge in [-0.05, 0) is 47.8 Å². The molecule has 0 saturated carbocycles. The minimum atomic E-state index is -0.161. The van der Waals surface area contributed by atoms with Gasteiger partial charge in [0.25, 0.3) is 5.91 Å². The zero-order valence-corrected chi connectivity index (χ0v) is 11.5. The summed E-state index contributed by atoms with van der Waals surface area (Å²) in [6.45, 7) is 1.34. The number of nitrogens with zero attached hydrogens (tertiary/aromatic N) is 1. The van der Waals surface area contributed by atoms with Crippen LogP contribution in [0.15, 0.2) is 18.2 Å². The molecule has 2 N–H and O–H groups in total. The zero-order valence-electron chi connectivity index (χ0n) is 9.33. The number of carbonyl (C=O) groups excluding carboxylic acids is 1. The molecule has 0 radical (unpaired) electrons. The first-order valence-electron chi connectivity index (χ1n) is 4.95. The van der Waals surface area contributed by atoms with Gasteiger partial charge in [-0.1, -0.05) is 0 Å². The molecule has 0 aromatic heterocycles. The molecule has 0 aliphatic heterocycles. The van der Waals surface area contributed by atoms with Crippen LogP contribution < -0.4 is 5.32 Å². The van der Waals surface area contributed by atoms with Crippen LogP contribution in [0.3, 0.4) is 0 Å². The third-order valence-electron chi connectivity index (χ3n) is 2.23. The molecule has 1 aromatic carbocycles. The molecule has 88 valence electrons. The van der Waals surface area contributed by atoms with E-state index < -0.39 is 0 Å². The number of rotatable bonds is 4. The Labute approximate surface area is 109 Å². The molecule has 0 aliphatic carbocycles. The van der Waals surface area contributed by atoms with Gasteiger partial charge >= 0.3 is 0 Å². The van der Waals surface area contributed by atoms with Crippen molar-refractivity contribution in [3.8, 4) is 5.75 Å². The Balaban J connectivity index is 2.83. The van der Waals surface area contributed by atoms with Crippen molar-refractivity contribution in [2.75, 3.05) is 27.2 Å². The maximum Gasteiger partial charge on any atom is 0.257 e. The van der Waals surface area contributed by atoms with Crippen molar-refractivity contribution < 1.29 is 9.90 Å². The van der Waals surface area contributed by atoms with Crippen molar-refractivity contribution in [1.82, 2.24) is 10.2 Å². The monoisotopic (exact) mass is 334 g/mol. The highest BCUT2D eigenvalue weighted by molar-refractivity contribution is 14.1. The van der Waals surface area contributed by atoms with Gasteiger partial charge in [-0.15, -0.1) is 0 Å². The van der Waals surface area contributed by atoms with Crippen LogP contribution in [0.2, 0.25) is 0 Å². The number of amides is 1. The van der Waals surface area contributed by atoms with Crippen LogP contribution in [0.5, 0.6) is 5.75 Å². The second-order valence-electron chi connectivity index (χ2n) is 3.49. The molecular weight excluding hydrogens is 319 g/mol. The highest BCUT2D eigenvalue weighted by Crippen LogP contribution is 2.20. The first kappa shape index (κ1) is 13.2. The second kappa shape index (κ2) is 6.05. The lowest BCUT2D eigenvalue weighted by atomic mass is 10.2. The van der Waals surface area contributed by atoms with Gasteiger partial charge in [0.1, 0.15) is 5.75 Å². The molecular formula is C11H15IN2O2. The molecule has 0 atom stereocenters. The maximum absolute atomic E-state index is 12.0. The molecule has 5 heteroatoms. The predicted molar refractivity (Wildman–Crippen MR) is 71.7 cm³/mol. The van der Waals surface area contributed by atoms with E-state index in [1.165, 1.54) is 0 Å². The molecule has 1 amide bonds. The van der Waals surface area contributed by atoms with Crippen molar-refractivity contribution in [2.45, 2.75) is 0 Å². The fourth-order valence-corrected chi connectivity index (χ4v) is 1.76. The van der Waals surface area contributed by atoms with Gasteiger partial charge in [0.15, 0.2) is 0 Å². The van der Waals surface area contributed by atoms with Gasteiger partial charge in [-0.25, -0.2) is 0 Å². The summed E-state index contributed by atoms with van der Waals surface area (Å²) in [5.41, 5.74) is 0.352. The average molecular weight is 334 g/mol. The molecule has 0 aliphatic rings. The SMILES string of the molecule is CNCCN(C)C(=O)c1cc(I)ccc1O. The Bertz CT molecular complexity index is 382. The third kappa shape index (κ3) is 3.34. The molecule has 0 saturated heterocycles. The maximum atomic E-state index is 12.0. The van der Waals surface area contributed by atoms with Gasteiger partial charge in [0.2, 0.25) is 0 Å². The standard InChI is InChI=1S/C11H15IN2O2/c1-13-5-6-14(2)11(16)9-7-8(12)3-4-10(9)15/h3-4,7,13,15H,5-6H2,1-2H3. The Kier molecular flexibility index (Phi) is 5.01. The summed E-state index contributed by atoms with van der Waals surface area (Å²) in [4.78, 5) is 13.5. The Hall–Kier alpha value is -0.820. The van der Waals surface area contributed by atoms with Crippen LogP contribution in [0.4, 0.5) is 0 Å². The first-order valence-corrected chi connectivity index (χ1v) is 6.02. The number of halogens is 1. The zero-order chi connectivity index (χ0) is 12.1. The molecule has 0 fully saturated rings. The van der Waals surface area contributed by atoms with Gasteiger partial charge < -0.3 is 15.3 Å². The summed E-state index contributed by atoms with van der Waals surface area (Å²) >= 11 is 2.11. The number of nitrogens with one attached hydrogen (secondary N) is 1. The number of likely N-dealkylation sites (N-methyl/N-ethyl adjacent to an activating group) is 2. The second-order valence-corrected chi connectivity index (χ2v) is 4.74. The average Bonchev–Trinajstić information content (AvgIpc) is 2.28. The number of hydrogen-bond acceptors (Lipinski definition) is 3. The summed E-state index contributed by atoms with van der Waals surface area (Å²) in [6, 6.07) is 5.00. The van der Waals surface area contributed by atoms with E-state index in [9.17, 15) is 9.90 Å². The Morgan fingerprint density at radius 2 is 2.25 bits per heavy atom. The van der Waals surface area contributed by atoms with E-state index in [-0.39, 0.29) is 11.7 Å². The van der Waals surface area contributed by atoms with Crippen molar-refractivity contribution in [2.24, 2.45) is 0 Å². The summed E-state index contributed by atoms with van der Waals surface area (Å²) in [5, 5.41) is 12.6. The van der Waals surface area contributed by atoms with E-state index in [0.29, 0.717) is 12.1 Å². The fourth-order valence-electron chi connectivity index (χ4n) is 1.27. The van der Waals surface area contributed by atoms with Gasteiger partial charge in [0, 0.05) is 23.7 Å². The van der Waals surface area contributed by atoms with Crippen LogP contribution in [0, 0.1) is 3.57 Å². The van der Waals surface area contributed by atoms with Crippen LogP contribution in [-0.4, -0.2) is 43.1 Å². The number of benzene rings is 1. The molecule has 1 rings (SSSR count). The quantitative estimate of drug-likeness (QED) is 0.816. The van der Waals surface area contributed by atoms with Gasteiger partial charge in [0.05, 0.1) is 5.56 Å². The summed E-state index contributed by atoms with van der Waals surface area (Å²) in [5.74, 6) is -0.131.